The first kappa shape index (κ1) is 14.5. The Bertz CT molecular complexity index is 506. The molecule has 1 aromatic heterocycles. The van der Waals surface area contributed by atoms with Crippen LogP contribution in [0.3, 0.4) is 0 Å². The zero-order valence-electron chi connectivity index (χ0n) is 10.5. The van der Waals surface area contributed by atoms with Crippen LogP contribution in [0.1, 0.15) is 5.56 Å². The molecule has 2 aromatic rings. The second-order valence-corrected chi connectivity index (χ2v) is 5.71. The standard InChI is InChI=1S/C12H15BrN4OS/c1-18-5-4-14-7-9-2-3-11(10(13)6-9)19-12-15-8-16-17-12/h2-3,6,8,14H,4-5,7H2,1H3,(H,15,16,17). The normalized spacial score (nSPS) is 10.8. The summed E-state index contributed by atoms with van der Waals surface area (Å²) in [4.78, 5) is 5.20. The predicted octanol–water partition coefficient (Wildman–Crippen LogP) is 2.45. The fraction of sp³-hybridized carbons (Fsp3) is 0.333. The van der Waals surface area contributed by atoms with Crippen LogP contribution < -0.4 is 5.32 Å². The van der Waals surface area contributed by atoms with Gasteiger partial charge in [0.25, 0.3) is 0 Å². The second-order valence-electron chi connectivity index (χ2n) is 3.83. The Morgan fingerprint density at radius 1 is 1.47 bits per heavy atom. The molecule has 1 aromatic carbocycles. The van der Waals surface area contributed by atoms with E-state index in [1.54, 1.807) is 18.9 Å². The van der Waals surface area contributed by atoms with Crippen LogP contribution in [-0.4, -0.2) is 35.4 Å². The van der Waals surface area contributed by atoms with Crippen molar-refractivity contribution in [1.29, 1.82) is 0 Å². The van der Waals surface area contributed by atoms with E-state index in [4.69, 9.17) is 4.74 Å². The number of H-pyrrole nitrogens is 1. The first-order valence-electron chi connectivity index (χ1n) is 5.81. The highest BCUT2D eigenvalue weighted by molar-refractivity contribution is 9.10. The quantitative estimate of drug-likeness (QED) is 0.756. The van der Waals surface area contributed by atoms with Crippen molar-refractivity contribution in [2.24, 2.45) is 0 Å². The van der Waals surface area contributed by atoms with E-state index >= 15 is 0 Å². The van der Waals surface area contributed by atoms with E-state index < -0.39 is 0 Å². The molecule has 5 nitrogen and oxygen atoms in total. The summed E-state index contributed by atoms with van der Waals surface area (Å²) in [6, 6.07) is 6.28. The average molecular weight is 343 g/mol. The smallest absolute Gasteiger partial charge is 0.188 e. The van der Waals surface area contributed by atoms with E-state index in [0.29, 0.717) is 0 Å². The third-order valence-electron chi connectivity index (χ3n) is 2.41. The van der Waals surface area contributed by atoms with Crippen molar-refractivity contribution in [2.45, 2.75) is 16.6 Å². The Hall–Kier alpha value is -0.890. The molecular weight excluding hydrogens is 328 g/mol. The van der Waals surface area contributed by atoms with Crippen molar-refractivity contribution in [3.05, 3.63) is 34.6 Å². The topological polar surface area (TPSA) is 62.8 Å². The minimum atomic E-state index is 0.723. The summed E-state index contributed by atoms with van der Waals surface area (Å²) in [6.45, 7) is 2.40. The van der Waals surface area contributed by atoms with Crippen LogP contribution in [0, 0.1) is 0 Å². The zero-order chi connectivity index (χ0) is 13.5. The zero-order valence-corrected chi connectivity index (χ0v) is 12.9. The van der Waals surface area contributed by atoms with Crippen molar-refractivity contribution in [3.8, 4) is 0 Å². The number of ether oxygens (including phenoxy) is 1. The van der Waals surface area contributed by atoms with Crippen LogP contribution >= 0.6 is 27.7 Å². The number of methoxy groups -OCH3 is 1. The van der Waals surface area contributed by atoms with Gasteiger partial charge in [0.1, 0.15) is 6.33 Å². The van der Waals surface area contributed by atoms with Crippen LogP contribution in [0.25, 0.3) is 0 Å². The first-order valence-corrected chi connectivity index (χ1v) is 7.42. The van der Waals surface area contributed by atoms with Crippen molar-refractivity contribution < 1.29 is 4.74 Å². The Kier molecular flexibility index (Phi) is 5.84. The maximum atomic E-state index is 4.99. The third kappa shape index (κ3) is 4.61. The van der Waals surface area contributed by atoms with Gasteiger partial charge in [-0.1, -0.05) is 6.07 Å². The highest BCUT2D eigenvalue weighted by Crippen LogP contribution is 2.31. The van der Waals surface area contributed by atoms with Gasteiger partial charge in [0.15, 0.2) is 5.16 Å². The molecule has 2 N–H and O–H groups in total. The van der Waals surface area contributed by atoms with E-state index in [1.165, 1.54) is 11.9 Å². The van der Waals surface area contributed by atoms with Crippen molar-refractivity contribution in [1.82, 2.24) is 20.5 Å². The predicted molar refractivity (Wildman–Crippen MR) is 78.2 cm³/mol. The lowest BCUT2D eigenvalue weighted by Crippen LogP contribution is -2.18. The minimum Gasteiger partial charge on any atom is -0.383 e. The number of aromatic nitrogens is 3. The number of halogens is 1. The maximum absolute atomic E-state index is 4.99. The van der Waals surface area contributed by atoms with Gasteiger partial charge in [-0.2, -0.15) is 5.10 Å². The van der Waals surface area contributed by atoms with E-state index in [-0.39, 0.29) is 0 Å². The number of nitrogens with zero attached hydrogens (tertiary/aromatic N) is 2. The van der Waals surface area contributed by atoms with Gasteiger partial charge in [0, 0.05) is 29.6 Å². The van der Waals surface area contributed by atoms with E-state index in [2.05, 4.69) is 54.6 Å². The van der Waals surface area contributed by atoms with Crippen LogP contribution in [0.15, 0.2) is 39.1 Å². The van der Waals surface area contributed by atoms with Crippen LogP contribution in [0.4, 0.5) is 0 Å². The molecule has 102 valence electrons. The molecule has 0 amide bonds. The van der Waals surface area contributed by atoms with Gasteiger partial charge in [0.05, 0.1) is 6.61 Å². The minimum absolute atomic E-state index is 0.723. The molecule has 0 saturated carbocycles. The molecule has 0 spiro atoms. The van der Waals surface area contributed by atoms with Gasteiger partial charge in [-0.05, 0) is 45.4 Å². The summed E-state index contributed by atoms with van der Waals surface area (Å²) >= 11 is 5.13. The van der Waals surface area contributed by atoms with Gasteiger partial charge in [-0.25, -0.2) is 4.98 Å². The lowest BCUT2D eigenvalue weighted by atomic mass is 10.2. The van der Waals surface area contributed by atoms with Gasteiger partial charge < -0.3 is 10.1 Å². The SMILES string of the molecule is COCCNCc1ccc(Sc2ncn[nH]2)c(Br)c1. The molecule has 0 bridgehead atoms. The number of aromatic amines is 1. The number of rotatable bonds is 7. The maximum Gasteiger partial charge on any atom is 0.188 e. The molecule has 0 unspecified atom stereocenters. The summed E-state index contributed by atoms with van der Waals surface area (Å²) in [7, 11) is 1.70. The first-order chi connectivity index (χ1) is 9.29. The second kappa shape index (κ2) is 7.64. The van der Waals surface area contributed by atoms with Crippen molar-refractivity contribution in [2.75, 3.05) is 20.3 Å². The molecule has 0 fully saturated rings. The largest absolute Gasteiger partial charge is 0.383 e. The molecule has 7 heteroatoms. The molecule has 19 heavy (non-hydrogen) atoms. The van der Waals surface area contributed by atoms with Crippen LogP contribution in [0.5, 0.6) is 0 Å². The Morgan fingerprint density at radius 2 is 2.37 bits per heavy atom. The molecule has 2 rings (SSSR count). The lowest BCUT2D eigenvalue weighted by Gasteiger charge is -2.07. The molecule has 0 aliphatic carbocycles. The molecular formula is C12H15BrN4OS. The Morgan fingerprint density at radius 3 is 3.05 bits per heavy atom. The Balaban J connectivity index is 1.93. The summed E-state index contributed by atoms with van der Waals surface area (Å²) in [5, 5.41) is 10.8. The molecule has 0 aliphatic rings. The summed E-state index contributed by atoms with van der Waals surface area (Å²) in [5.74, 6) is 0. The van der Waals surface area contributed by atoms with Gasteiger partial charge in [-0.15, -0.1) is 0 Å². The number of benzene rings is 1. The monoisotopic (exact) mass is 342 g/mol. The Labute approximate surface area is 124 Å². The number of hydrogen-bond donors (Lipinski definition) is 2. The fourth-order valence-corrected chi connectivity index (χ4v) is 2.86. The van der Waals surface area contributed by atoms with E-state index in [0.717, 1.165) is 34.2 Å². The fourth-order valence-electron chi connectivity index (χ4n) is 1.49. The molecule has 0 radical (unpaired) electrons. The average Bonchev–Trinajstić information content (AvgIpc) is 2.91. The van der Waals surface area contributed by atoms with E-state index in [1.807, 2.05) is 0 Å². The van der Waals surface area contributed by atoms with Crippen molar-refractivity contribution in [3.63, 3.8) is 0 Å². The lowest BCUT2D eigenvalue weighted by molar-refractivity contribution is 0.199. The summed E-state index contributed by atoms with van der Waals surface area (Å²) in [6.07, 6.45) is 1.50. The number of hydrogen-bond acceptors (Lipinski definition) is 5. The third-order valence-corrected chi connectivity index (χ3v) is 4.29. The highest BCUT2D eigenvalue weighted by atomic mass is 79.9. The molecule has 0 saturated heterocycles. The summed E-state index contributed by atoms with van der Waals surface area (Å²) in [5.41, 5.74) is 1.23. The summed E-state index contributed by atoms with van der Waals surface area (Å²) < 4.78 is 6.05. The molecule has 1 heterocycles. The van der Waals surface area contributed by atoms with Gasteiger partial charge in [0.2, 0.25) is 0 Å². The van der Waals surface area contributed by atoms with E-state index in [9.17, 15) is 0 Å². The molecule has 0 aliphatic heterocycles. The van der Waals surface area contributed by atoms with Crippen molar-refractivity contribution >= 4 is 27.7 Å². The van der Waals surface area contributed by atoms with Gasteiger partial charge >= 0.3 is 0 Å². The number of nitrogens with one attached hydrogen (secondary N) is 2. The highest BCUT2D eigenvalue weighted by Gasteiger charge is 2.05. The van der Waals surface area contributed by atoms with Crippen LogP contribution in [0.2, 0.25) is 0 Å². The van der Waals surface area contributed by atoms with Gasteiger partial charge in [-0.3, -0.25) is 5.10 Å². The molecule has 0 atom stereocenters. The van der Waals surface area contributed by atoms with Crippen LogP contribution in [-0.2, 0) is 11.3 Å².